The fourth-order valence-electron chi connectivity index (χ4n) is 3.89. The highest BCUT2D eigenvalue weighted by atomic mass is 16.5. The number of amides is 2. The van der Waals surface area contributed by atoms with Crippen molar-refractivity contribution >= 4 is 11.8 Å². The molecule has 3 aromatic rings. The van der Waals surface area contributed by atoms with E-state index in [0.717, 1.165) is 17.8 Å². The van der Waals surface area contributed by atoms with Crippen molar-refractivity contribution in [2.24, 2.45) is 0 Å². The number of nitrogens with zero attached hydrogens (tertiary/aromatic N) is 3. The predicted molar refractivity (Wildman–Crippen MR) is 136 cm³/mol. The maximum atomic E-state index is 13.4. The first-order valence-electron chi connectivity index (χ1n) is 11.8. The molecule has 0 aliphatic carbocycles. The second-order valence-electron chi connectivity index (χ2n) is 8.51. The molecule has 0 saturated carbocycles. The van der Waals surface area contributed by atoms with Gasteiger partial charge in [0.2, 0.25) is 5.91 Å². The lowest BCUT2D eigenvalue weighted by molar-refractivity contribution is -0.133. The summed E-state index contributed by atoms with van der Waals surface area (Å²) in [7, 11) is 3.20. The second-order valence-corrected chi connectivity index (χ2v) is 8.51. The van der Waals surface area contributed by atoms with Gasteiger partial charge in [0.05, 0.1) is 19.8 Å². The van der Waals surface area contributed by atoms with Crippen molar-refractivity contribution in [3.8, 4) is 0 Å². The molecule has 0 saturated heterocycles. The zero-order valence-corrected chi connectivity index (χ0v) is 20.9. The van der Waals surface area contributed by atoms with Crippen molar-refractivity contribution in [3.63, 3.8) is 0 Å². The Morgan fingerprint density at radius 2 is 1.57 bits per heavy atom. The molecule has 7 heteroatoms. The minimum Gasteiger partial charge on any atom is -0.383 e. The molecule has 1 heterocycles. The number of carbonyl (C=O) groups excluding carboxylic acids is 2. The highest BCUT2D eigenvalue weighted by molar-refractivity contribution is 5.96. The summed E-state index contributed by atoms with van der Waals surface area (Å²) >= 11 is 0. The number of hydrogen-bond donors (Lipinski definition) is 0. The number of methoxy groups -OCH3 is 2. The van der Waals surface area contributed by atoms with Gasteiger partial charge in [-0.3, -0.25) is 9.59 Å². The number of hydrogen-bond acceptors (Lipinski definition) is 4. The Bertz CT molecular complexity index is 1080. The monoisotopic (exact) mass is 477 g/mol. The van der Waals surface area contributed by atoms with Crippen LogP contribution in [0.5, 0.6) is 0 Å². The molecule has 0 unspecified atom stereocenters. The van der Waals surface area contributed by atoms with Gasteiger partial charge < -0.3 is 23.8 Å². The van der Waals surface area contributed by atoms with Crippen molar-refractivity contribution in [2.45, 2.75) is 20.0 Å². The van der Waals surface area contributed by atoms with E-state index >= 15 is 0 Å². The van der Waals surface area contributed by atoms with E-state index in [1.54, 1.807) is 30.1 Å². The van der Waals surface area contributed by atoms with Crippen molar-refractivity contribution in [1.29, 1.82) is 0 Å². The Morgan fingerprint density at radius 3 is 2.26 bits per heavy atom. The Kier molecular flexibility index (Phi) is 10.1. The van der Waals surface area contributed by atoms with Gasteiger partial charge in [-0.15, -0.1) is 0 Å². The van der Waals surface area contributed by atoms with Crippen molar-refractivity contribution in [1.82, 2.24) is 14.4 Å². The van der Waals surface area contributed by atoms with E-state index in [2.05, 4.69) is 16.7 Å². The summed E-state index contributed by atoms with van der Waals surface area (Å²) in [4.78, 5) is 30.0. The molecule has 186 valence electrons. The quantitative estimate of drug-likeness (QED) is 0.377. The number of aryl methyl sites for hydroxylation is 1. The lowest BCUT2D eigenvalue weighted by Crippen LogP contribution is -2.45. The molecule has 0 bridgehead atoms. The predicted octanol–water partition coefficient (Wildman–Crippen LogP) is 3.61. The van der Waals surface area contributed by atoms with Crippen LogP contribution >= 0.6 is 0 Å². The van der Waals surface area contributed by atoms with E-state index < -0.39 is 0 Å². The van der Waals surface area contributed by atoms with Gasteiger partial charge in [0, 0.05) is 51.3 Å². The topological polar surface area (TPSA) is 64.0 Å². The van der Waals surface area contributed by atoms with E-state index in [0.29, 0.717) is 38.4 Å². The molecule has 3 rings (SSSR count). The molecule has 2 amide bonds. The highest BCUT2D eigenvalue weighted by Crippen LogP contribution is 2.13. The Hall–Kier alpha value is -3.42. The standard InChI is InChI=1S/C28H35N3O4/c1-23-9-7-12-25(19-23)28(33)31(16-18-35-3)22-27(32)30(15-17-34-2)21-26-13-8-14-29(26)20-24-10-5-4-6-11-24/h4-14,19H,15-18,20-22H2,1-3H3. The van der Waals surface area contributed by atoms with E-state index in [-0.39, 0.29) is 18.4 Å². The Labute approximate surface area is 207 Å². The zero-order chi connectivity index (χ0) is 25.0. The van der Waals surface area contributed by atoms with Gasteiger partial charge >= 0.3 is 0 Å². The van der Waals surface area contributed by atoms with Gasteiger partial charge in [0.25, 0.3) is 5.91 Å². The van der Waals surface area contributed by atoms with Crippen LogP contribution in [0.1, 0.15) is 27.2 Å². The fraction of sp³-hybridized carbons (Fsp3) is 0.357. The molecule has 2 aromatic carbocycles. The maximum Gasteiger partial charge on any atom is 0.254 e. The van der Waals surface area contributed by atoms with E-state index in [4.69, 9.17) is 9.47 Å². The van der Waals surface area contributed by atoms with Crippen molar-refractivity contribution in [3.05, 3.63) is 95.3 Å². The number of benzene rings is 2. The van der Waals surface area contributed by atoms with Crippen LogP contribution in [0.15, 0.2) is 72.9 Å². The van der Waals surface area contributed by atoms with Crippen LogP contribution in [-0.2, 0) is 27.4 Å². The fourth-order valence-corrected chi connectivity index (χ4v) is 3.89. The molecule has 0 aliphatic rings. The number of carbonyl (C=O) groups is 2. The van der Waals surface area contributed by atoms with Gasteiger partial charge in [-0.1, -0.05) is 48.0 Å². The SMILES string of the molecule is COCCN(Cc1cccn1Cc1ccccc1)C(=O)CN(CCOC)C(=O)c1cccc(C)c1. The molecule has 0 atom stereocenters. The third kappa shape index (κ3) is 7.80. The average Bonchev–Trinajstić information content (AvgIpc) is 3.30. The molecule has 0 radical (unpaired) electrons. The van der Waals surface area contributed by atoms with Crippen molar-refractivity contribution < 1.29 is 19.1 Å². The third-order valence-electron chi connectivity index (χ3n) is 5.83. The molecule has 35 heavy (non-hydrogen) atoms. The van der Waals surface area contributed by atoms with E-state index in [1.165, 1.54) is 5.56 Å². The molecule has 7 nitrogen and oxygen atoms in total. The normalized spacial score (nSPS) is 10.8. The lowest BCUT2D eigenvalue weighted by Gasteiger charge is -2.28. The minimum absolute atomic E-state index is 0.0285. The largest absolute Gasteiger partial charge is 0.383 e. The van der Waals surface area contributed by atoms with Gasteiger partial charge in [-0.2, -0.15) is 0 Å². The first-order chi connectivity index (χ1) is 17.0. The molecule has 0 spiro atoms. The molecule has 0 N–H and O–H groups in total. The van der Waals surface area contributed by atoms with Gasteiger partial charge in [0.15, 0.2) is 0 Å². The first kappa shape index (κ1) is 26.2. The molecule has 0 fully saturated rings. The number of ether oxygens (including phenoxy) is 2. The second kappa shape index (κ2) is 13.5. The number of rotatable bonds is 13. The van der Waals surface area contributed by atoms with Crippen LogP contribution in [0.2, 0.25) is 0 Å². The lowest BCUT2D eigenvalue weighted by atomic mass is 10.1. The summed E-state index contributed by atoms with van der Waals surface area (Å²) in [6, 6.07) is 21.6. The third-order valence-corrected chi connectivity index (χ3v) is 5.83. The Balaban J connectivity index is 1.75. The van der Waals surface area contributed by atoms with Crippen LogP contribution in [0.4, 0.5) is 0 Å². The van der Waals surface area contributed by atoms with Gasteiger partial charge in [-0.05, 0) is 36.8 Å². The van der Waals surface area contributed by atoms with Crippen LogP contribution < -0.4 is 0 Å². The summed E-state index contributed by atoms with van der Waals surface area (Å²) < 4.78 is 12.6. The maximum absolute atomic E-state index is 13.4. The molecule has 1 aromatic heterocycles. The van der Waals surface area contributed by atoms with Crippen LogP contribution in [0, 0.1) is 6.92 Å². The Morgan fingerprint density at radius 1 is 0.857 bits per heavy atom. The van der Waals surface area contributed by atoms with Crippen molar-refractivity contribution in [2.75, 3.05) is 47.1 Å². The summed E-state index contributed by atoms with van der Waals surface area (Å²) in [6.45, 7) is 4.59. The summed E-state index contributed by atoms with van der Waals surface area (Å²) in [5.74, 6) is -0.315. The van der Waals surface area contributed by atoms with Crippen LogP contribution in [0.3, 0.4) is 0 Å². The number of aromatic nitrogens is 1. The molecule has 0 aliphatic heterocycles. The highest BCUT2D eigenvalue weighted by Gasteiger charge is 2.23. The smallest absolute Gasteiger partial charge is 0.254 e. The van der Waals surface area contributed by atoms with E-state index in [9.17, 15) is 9.59 Å². The summed E-state index contributed by atoms with van der Waals surface area (Å²) in [5, 5.41) is 0. The van der Waals surface area contributed by atoms with E-state index in [1.807, 2.05) is 61.7 Å². The average molecular weight is 478 g/mol. The molecular weight excluding hydrogens is 442 g/mol. The molecular formula is C28H35N3O4. The minimum atomic E-state index is -0.182. The van der Waals surface area contributed by atoms with Gasteiger partial charge in [-0.25, -0.2) is 0 Å². The first-order valence-corrected chi connectivity index (χ1v) is 11.8. The summed E-state index contributed by atoms with van der Waals surface area (Å²) in [5.41, 5.74) is 3.77. The van der Waals surface area contributed by atoms with Crippen LogP contribution in [-0.4, -0.2) is 73.2 Å². The van der Waals surface area contributed by atoms with Gasteiger partial charge in [0.1, 0.15) is 6.54 Å². The summed E-state index contributed by atoms with van der Waals surface area (Å²) in [6.07, 6.45) is 2.02. The van der Waals surface area contributed by atoms with Crippen LogP contribution in [0.25, 0.3) is 0 Å². The zero-order valence-electron chi connectivity index (χ0n) is 20.9.